The normalized spacial score (nSPS) is 12.3. The first kappa shape index (κ1) is 14.6. The van der Waals surface area contributed by atoms with Gasteiger partial charge in [-0.2, -0.15) is 0 Å². The van der Waals surface area contributed by atoms with E-state index in [1.54, 1.807) is 0 Å². The zero-order valence-corrected chi connectivity index (χ0v) is 13.5. The molecule has 4 nitrogen and oxygen atoms in total. The van der Waals surface area contributed by atoms with Crippen LogP contribution in [0.5, 0.6) is 0 Å². The van der Waals surface area contributed by atoms with Crippen molar-refractivity contribution in [1.82, 2.24) is 4.98 Å². The molecule has 1 aromatic rings. The quantitative estimate of drug-likeness (QED) is 0.745. The van der Waals surface area contributed by atoms with Crippen molar-refractivity contribution in [2.24, 2.45) is 4.99 Å². The summed E-state index contributed by atoms with van der Waals surface area (Å²) in [7, 11) is 0. The molecule has 1 heterocycles. The van der Waals surface area contributed by atoms with Gasteiger partial charge >= 0.3 is 0 Å². The van der Waals surface area contributed by atoms with Gasteiger partial charge in [0.15, 0.2) is 11.3 Å². The zero-order valence-electron chi connectivity index (χ0n) is 13.5. The van der Waals surface area contributed by atoms with Gasteiger partial charge in [0.2, 0.25) is 0 Å². The number of nitrogens with one attached hydrogen (secondary N) is 1. The fourth-order valence-electron chi connectivity index (χ4n) is 2.64. The number of aromatic nitrogens is 1. The molecule has 4 heteroatoms. The summed E-state index contributed by atoms with van der Waals surface area (Å²) in [5.41, 5.74) is 5.93. The summed E-state index contributed by atoms with van der Waals surface area (Å²) in [5, 5.41) is 4.32. The molecule has 0 radical (unpaired) electrons. The van der Waals surface area contributed by atoms with E-state index in [1.165, 1.54) is 5.56 Å². The van der Waals surface area contributed by atoms with Crippen LogP contribution < -0.4 is 10.7 Å². The van der Waals surface area contributed by atoms with E-state index in [1.807, 2.05) is 25.1 Å². The number of fused-ring (bicyclic) bond motifs is 2. The van der Waals surface area contributed by atoms with Gasteiger partial charge in [-0.05, 0) is 51.0 Å². The lowest BCUT2D eigenvalue weighted by Crippen LogP contribution is -2.09. The third-order valence-electron chi connectivity index (χ3n) is 3.74. The van der Waals surface area contributed by atoms with Crippen molar-refractivity contribution in [2.45, 2.75) is 27.7 Å². The minimum atomic E-state index is 0.761. The number of rotatable bonds is 3. The van der Waals surface area contributed by atoms with Crippen LogP contribution in [0.2, 0.25) is 0 Å². The Morgan fingerprint density at radius 1 is 1.09 bits per heavy atom. The molecule has 0 saturated heterocycles. The highest BCUT2D eigenvalue weighted by molar-refractivity contribution is 5.81. The third-order valence-corrected chi connectivity index (χ3v) is 3.74. The summed E-state index contributed by atoms with van der Waals surface area (Å²) in [6, 6.07) is 8.11. The molecule has 0 bridgehead atoms. The van der Waals surface area contributed by atoms with Gasteiger partial charge in [-0.15, -0.1) is 0 Å². The lowest BCUT2D eigenvalue weighted by Gasteiger charge is -2.11. The first-order chi connectivity index (χ1) is 10.6. The topological polar surface area (TPSA) is 50.4 Å². The number of benzene rings is 2. The van der Waals surface area contributed by atoms with Crippen LogP contribution in [0.1, 0.15) is 25.0 Å². The van der Waals surface area contributed by atoms with E-state index in [2.05, 4.69) is 37.1 Å². The summed E-state index contributed by atoms with van der Waals surface area (Å²) in [5.74, 6) is 0.775. The van der Waals surface area contributed by atoms with Gasteiger partial charge in [-0.3, -0.25) is 4.99 Å². The van der Waals surface area contributed by atoms with Crippen molar-refractivity contribution in [2.75, 3.05) is 18.4 Å². The van der Waals surface area contributed by atoms with Crippen LogP contribution >= 0.6 is 0 Å². The molecule has 22 heavy (non-hydrogen) atoms. The predicted molar refractivity (Wildman–Crippen MR) is 90.4 cm³/mol. The van der Waals surface area contributed by atoms with E-state index in [9.17, 15) is 0 Å². The summed E-state index contributed by atoms with van der Waals surface area (Å²) in [6.07, 6.45) is 0. The van der Waals surface area contributed by atoms with Crippen molar-refractivity contribution in [1.29, 1.82) is 0 Å². The van der Waals surface area contributed by atoms with Crippen molar-refractivity contribution in [3.63, 3.8) is 0 Å². The van der Waals surface area contributed by atoms with E-state index in [0.717, 1.165) is 52.3 Å². The summed E-state index contributed by atoms with van der Waals surface area (Å²) in [6.45, 7) is 9.89. The van der Waals surface area contributed by atoms with Crippen LogP contribution in [0.3, 0.4) is 0 Å². The van der Waals surface area contributed by atoms with Crippen LogP contribution in [0.15, 0.2) is 33.7 Å². The molecule has 1 aromatic carbocycles. The van der Waals surface area contributed by atoms with Gasteiger partial charge in [-0.25, -0.2) is 4.98 Å². The maximum atomic E-state index is 6.07. The summed E-state index contributed by atoms with van der Waals surface area (Å²) >= 11 is 0. The van der Waals surface area contributed by atoms with Crippen LogP contribution in [-0.4, -0.2) is 18.1 Å². The number of hydrogen-bond acceptors (Lipinski definition) is 4. The third kappa shape index (κ3) is 2.56. The summed E-state index contributed by atoms with van der Waals surface area (Å²) < 4.78 is 6.07. The van der Waals surface area contributed by atoms with Crippen LogP contribution in [0.4, 0.5) is 5.69 Å². The summed E-state index contributed by atoms with van der Waals surface area (Å²) in [4.78, 5) is 9.24. The fourth-order valence-corrected chi connectivity index (χ4v) is 2.64. The minimum Gasteiger partial charge on any atom is -0.453 e. The maximum Gasteiger partial charge on any atom is 0.155 e. The molecular weight excluding hydrogens is 274 g/mol. The molecule has 0 amide bonds. The van der Waals surface area contributed by atoms with Gasteiger partial charge in [-0.1, -0.05) is 0 Å². The van der Waals surface area contributed by atoms with E-state index in [0.29, 0.717) is 0 Å². The zero-order chi connectivity index (χ0) is 15.7. The van der Waals surface area contributed by atoms with Crippen molar-refractivity contribution in [3.8, 4) is 11.5 Å². The highest BCUT2D eigenvalue weighted by Crippen LogP contribution is 2.28. The minimum absolute atomic E-state index is 0.761. The lowest BCUT2D eigenvalue weighted by molar-refractivity contribution is 0.611. The Morgan fingerprint density at radius 3 is 2.64 bits per heavy atom. The molecule has 3 rings (SSSR count). The molecule has 1 N–H and O–H groups in total. The highest BCUT2D eigenvalue weighted by atomic mass is 16.3. The number of hydrogen-bond donors (Lipinski definition) is 1. The average Bonchev–Trinajstić information content (AvgIpc) is 2.48. The second-order valence-electron chi connectivity index (χ2n) is 5.46. The van der Waals surface area contributed by atoms with Gasteiger partial charge in [0.05, 0.1) is 5.36 Å². The van der Waals surface area contributed by atoms with Crippen molar-refractivity contribution >= 4 is 16.8 Å². The van der Waals surface area contributed by atoms with Crippen molar-refractivity contribution < 1.29 is 4.42 Å². The Morgan fingerprint density at radius 2 is 1.91 bits per heavy atom. The molecule has 1 aliphatic heterocycles. The second-order valence-corrected chi connectivity index (χ2v) is 5.46. The van der Waals surface area contributed by atoms with Crippen LogP contribution in [0, 0.1) is 13.8 Å². The molecule has 0 unspecified atom stereocenters. The highest BCUT2D eigenvalue weighted by Gasteiger charge is 2.12. The molecule has 114 valence electrons. The monoisotopic (exact) mass is 295 g/mol. The second kappa shape index (κ2) is 5.79. The first-order valence-electron chi connectivity index (χ1n) is 7.72. The molecule has 0 aromatic heterocycles. The lowest BCUT2D eigenvalue weighted by atomic mass is 10.1. The Hall–Kier alpha value is -2.36. The molecule has 0 saturated carbocycles. The van der Waals surface area contributed by atoms with Gasteiger partial charge in [0.25, 0.3) is 0 Å². The first-order valence-corrected chi connectivity index (χ1v) is 7.72. The number of nitrogens with zero attached hydrogens (tertiary/aromatic N) is 2. The fraction of sp³-hybridized carbons (Fsp3) is 0.333. The SMILES string of the molecule is CCN=c1cc2oc3cc(NCC)c(C)cc3nc-2cc1C. The predicted octanol–water partition coefficient (Wildman–Crippen LogP) is 3.90. The van der Waals surface area contributed by atoms with Crippen LogP contribution in [-0.2, 0) is 0 Å². The van der Waals surface area contributed by atoms with Crippen LogP contribution in [0.25, 0.3) is 22.6 Å². The van der Waals surface area contributed by atoms with Gasteiger partial charge in [0, 0.05) is 30.9 Å². The molecule has 2 aliphatic rings. The Balaban J connectivity index is 2.28. The van der Waals surface area contributed by atoms with E-state index < -0.39 is 0 Å². The standard InChI is InChI=1S/C18H21N3O/c1-5-19-13-9-17-15(7-11(13)3)21-16-8-12(4)14(20-6-2)10-18(16)22-17/h7-10,19H,5-6H2,1-4H3. The number of aryl methyl sites for hydroxylation is 2. The molecule has 0 atom stereocenters. The molecule has 1 aliphatic carbocycles. The smallest absolute Gasteiger partial charge is 0.155 e. The molecule has 0 spiro atoms. The maximum absolute atomic E-state index is 6.07. The van der Waals surface area contributed by atoms with E-state index in [4.69, 9.17) is 9.40 Å². The van der Waals surface area contributed by atoms with Gasteiger partial charge < -0.3 is 9.73 Å². The molecular formula is C18H21N3O. The largest absolute Gasteiger partial charge is 0.453 e. The Kier molecular flexibility index (Phi) is 3.84. The Bertz CT molecular complexity index is 864. The van der Waals surface area contributed by atoms with Crippen molar-refractivity contribution in [3.05, 3.63) is 40.7 Å². The van der Waals surface area contributed by atoms with E-state index >= 15 is 0 Å². The van der Waals surface area contributed by atoms with E-state index in [-0.39, 0.29) is 0 Å². The molecule has 0 fully saturated rings. The Labute approximate surface area is 130 Å². The number of anilines is 1. The average molecular weight is 295 g/mol. The van der Waals surface area contributed by atoms with Gasteiger partial charge in [0.1, 0.15) is 11.2 Å².